The molecular weight excluding hydrogens is 138 g/mol. The zero-order valence-corrected chi connectivity index (χ0v) is 8.31. The van der Waals surface area contributed by atoms with Crippen molar-refractivity contribution in [2.75, 3.05) is 6.54 Å². The van der Waals surface area contributed by atoms with Crippen LogP contribution in [-0.4, -0.2) is 23.3 Å². The molecule has 0 aromatic heterocycles. The van der Waals surface area contributed by atoms with Gasteiger partial charge in [0.1, 0.15) is 0 Å². The number of aliphatic hydroxyl groups is 1. The van der Waals surface area contributed by atoms with E-state index in [-0.39, 0.29) is 0 Å². The summed E-state index contributed by atoms with van der Waals surface area (Å²) in [6.45, 7) is 10.8. The molecule has 0 aliphatic carbocycles. The Kier molecular flexibility index (Phi) is 4.04. The molecule has 1 atom stereocenters. The third kappa shape index (κ3) is 4.38. The lowest BCUT2D eigenvalue weighted by Gasteiger charge is -2.28. The zero-order valence-electron chi connectivity index (χ0n) is 8.31. The van der Waals surface area contributed by atoms with Crippen LogP contribution in [0.1, 0.15) is 34.6 Å². The molecule has 0 fully saturated rings. The SMILES string of the molecule is CC(C)NCC(C)(O)C(C)C. The van der Waals surface area contributed by atoms with Gasteiger partial charge in [0.25, 0.3) is 0 Å². The van der Waals surface area contributed by atoms with E-state index in [0.29, 0.717) is 18.5 Å². The lowest BCUT2D eigenvalue weighted by molar-refractivity contribution is 0.0127. The molecule has 1 unspecified atom stereocenters. The van der Waals surface area contributed by atoms with Gasteiger partial charge in [0, 0.05) is 12.6 Å². The maximum Gasteiger partial charge on any atom is 0.0766 e. The van der Waals surface area contributed by atoms with Crippen LogP contribution in [0.3, 0.4) is 0 Å². The highest BCUT2D eigenvalue weighted by Gasteiger charge is 2.24. The van der Waals surface area contributed by atoms with Crippen LogP contribution in [0, 0.1) is 5.92 Å². The highest BCUT2D eigenvalue weighted by Crippen LogP contribution is 2.14. The van der Waals surface area contributed by atoms with Gasteiger partial charge in [-0.1, -0.05) is 27.7 Å². The van der Waals surface area contributed by atoms with Crippen LogP contribution >= 0.6 is 0 Å². The Hall–Kier alpha value is -0.0800. The first-order chi connectivity index (χ1) is 4.86. The van der Waals surface area contributed by atoms with E-state index in [1.165, 1.54) is 0 Å². The van der Waals surface area contributed by atoms with Crippen molar-refractivity contribution < 1.29 is 5.11 Å². The molecule has 0 radical (unpaired) electrons. The highest BCUT2D eigenvalue weighted by atomic mass is 16.3. The van der Waals surface area contributed by atoms with Gasteiger partial charge in [0.05, 0.1) is 5.60 Å². The Balaban J connectivity index is 3.73. The molecule has 2 N–H and O–H groups in total. The summed E-state index contributed by atoms with van der Waals surface area (Å²) in [5, 5.41) is 13.0. The van der Waals surface area contributed by atoms with E-state index in [9.17, 15) is 5.11 Å². The predicted molar refractivity (Wildman–Crippen MR) is 48.6 cm³/mol. The van der Waals surface area contributed by atoms with Gasteiger partial charge < -0.3 is 10.4 Å². The lowest BCUT2D eigenvalue weighted by atomic mass is 9.92. The fourth-order valence-electron chi connectivity index (χ4n) is 0.615. The van der Waals surface area contributed by atoms with Crippen molar-refractivity contribution in [3.8, 4) is 0 Å². The van der Waals surface area contributed by atoms with Crippen molar-refractivity contribution in [1.29, 1.82) is 0 Å². The highest BCUT2D eigenvalue weighted by molar-refractivity contribution is 4.79. The molecule has 0 spiro atoms. The maximum absolute atomic E-state index is 9.78. The average Bonchev–Trinajstić information content (AvgIpc) is 1.84. The Morgan fingerprint density at radius 3 is 2.00 bits per heavy atom. The lowest BCUT2D eigenvalue weighted by Crippen LogP contribution is -2.44. The van der Waals surface area contributed by atoms with Crippen LogP contribution in [0.4, 0.5) is 0 Å². The van der Waals surface area contributed by atoms with Gasteiger partial charge in [-0.2, -0.15) is 0 Å². The Bertz CT molecular complexity index is 108. The van der Waals surface area contributed by atoms with E-state index in [2.05, 4.69) is 19.2 Å². The van der Waals surface area contributed by atoms with Gasteiger partial charge >= 0.3 is 0 Å². The van der Waals surface area contributed by atoms with Gasteiger partial charge in [0.15, 0.2) is 0 Å². The van der Waals surface area contributed by atoms with E-state index in [0.717, 1.165) is 0 Å². The third-order valence-corrected chi connectivity index (χ3v) is 2.11. The summed E-state index contributed by atoms with van der Waals surface area (Å²) in [5.41, 5.74) is -0.579. The van der Waals surface area contributed by atoms with Crippen LogP contribution in [0.2, 0.25) is 0 Å². The van der Waals surface area contributed by atoms with Crippen LogP contribution in [0.25, 0.3) is 0 Å². The molecule has 2 nitrogen and oxygen atoms in total. The van der Waals surface area contributed by atoms with Gasteiger partial charge in [-0.05, 0) is 12.8 Å². The van der Waals surface area contributed by atoms with E-state index in [1.54, 1.807) is 0 Å². The Morgan fingerprint density at radius 1 is 1.27 bits per heavy atom. The van der Waals surface area contributed by atoms with E-state index in [1.807, 2.05) is 20.8 Å². The second-order valence-corrected chi connectivity index (χ2v) is 4.05. The number of hydrogen-bond acceptors (Lipinski definition) is 2. The molecule has 0 aliphatic heterocycles. The second-order valence-electron chi connectivity index (χ2n) is 4.05. The predicted octanol–water partition coefficient (Wildman–Crippen LogP) is 1.39. The molecule has 0 aromatic rings. The van der Waals surface area contributed by atoms with Crippen molar-refractivity contribution in [2.45, 2.75) is 46.3 Å². The molecule has 0 saturated carbocycles. The molecule has 0 saturated heterocycles. The third-order valence-electron chi connectivity index (χ3n) is 2.11. The van der Waals surface area contributed by atoms with Crippen molar-refractivity contribution in [3.63, 3.8) is 0 Å². The quantitative estimate of drug-likeness (QED) is 0.649. The molecule has 0 rings (SSSR count). The summed E-state index contributed by atoms with van der Waals surface area (Å²) in [5.74, 6) is 0.300. The summed E-state index contributed by atoms with van der Waals surface area (Å²) in [7, 11) is 0. The Labute approximate surface area is 70.0 Å². The van der Waals surface area contributed by atoms with Crippen molar-refractivity contribution >= 4 is 0 Å². The summed E-state index contributed by atoms with van der Waals surface area (Å²) >= 11 is 0. The topological polar surface area (TPSA) is 32.3 Å². The van der Waals surface area contributed by atoms with Crippen molar-refractivity contribution in [1.82, 2.24) is 5.32 Å². The number of nitrogens with one attached hydrogen (secondary N) is 1. The number of rotatable bonds is 4. The zero-order chi connectivity index (χ0) is 9.07. The number of hydrogen-bond donors (Lipinski definition) is 2. The molecule has 2 heteroatoms. The fourth-order valence-corrected chi connectivity index (χ4v) is 0.615. The monoisotopic (exact) mass is 159 g/mol. The molecule has 0 heterocycles. The van der Waals surface area contributed by atoms with Gasteiger partial charge in [0.2, 0.25) is 0 Å². The molecule has 0 amide bonds. The van der Waals surface area contributed by atoms with Crippen molar-refractivity contribution in [2.24, 2.45) is 5.92 Å². The van der Waals surface area contributed by atoms with E-state index in [4.69, 9.17) is 0 Å². The van der Waals surface area contributed by atoms with Crippen LogP contribution in [0.5, 0.6) is 0 Å². The summed E-state index contributed by atoms with van der Waals surface area (Å²) in [6.07, 6.45) is 0. The minimum absolute atomic E-state index is 0.300. The minimum atomic E-state index is -0.579. The first-order valence-electron chi connectivity index (χ1n) is 4.32. The molecule has 0 aliphatic rings. The fraction of sp³-hybridized carbons (Fsp3) is 1.00. The first kappa shape index (κ1) is 10.9. The second kappa shape index (κ2) is 4.07. The normalized spacial score (nSPS) is 17.5. The standard InChI is InChI=1S/C9H21NO/c1-7(2)9(5,11)6-10-8(3)4/h7-8,10-11H,6H2,1-5H3. The van der Waals surface area contributed by atoms with E-state index >= 15 is 0 Å². The van der Waals surface area contributed by atoms with Gasteiger partial charge in [-0.15, -0.1) is 0 Å². The van der Waals surface area contributed by atoms with Gasteiger partial charge in [-0.25, -0.2) is 0 Å². The molecule has 68 valence electrons. The van der Waals surface area contributed by atoms with Crippen LogP contribution < -0.4 is 5.32 Å². The van der Waals surface area contributed by atoms with Crippen LogP contribution in [-0.2, 0) is 0 Å². The smallest absolute Gasteiger partial charge is 0.0766 e. The molecular formula is C9H21NO. The Morgan fingerprint density at radius 2 is 1.73 bits per heavy atom. The molecule has 0 aromatic carbocycles. The largest absolute Gasteiger partial charge is 0.389 e. The van der Waals surface area contributed by atoms with Crippen LogP contribution in [0.15, 0.2) is 0 Å². The maximum atomic E-state index is 9.78. The van der Waals surface area contributed by atoms with Gasteiger partial charge in [-0.3, -0.25) is 0 Å². The first-order valence-corrected chi connectivity index (χ1v) is 4.32. The summed E-state index contributed by atoms with van der Waals surface area (Å²) < 4.78 is 0. The van der Waals surface area contributed by atoms with Crippen molar-refractivity contribution in [3.05, 3.63) is 0 Å². The average molecular weight is 159 g/mol. The molecule has 11 heavy (non-hydrogen) atoms. The molecule has 0 bridgehead atoms. The van der Waals surface area contributed by atoms with E-state index < -0.39 is 5.60 Å². The summed E-state index contributed by atoms with van der Waals surface area (Å²) in [6, 6.07) is 0.445. The minimum Gasteiger partial charge on any atom is -0.389 e. The summed E-state index contributed by atoms with van der Waals surface area (Å²) in [4.78, 5) is 0.